The summed E-state index contributed by atoms with van der Waals surface area (Å²) in [5, 5.41) is 4.19. The van der Waals surface area contributed by atoms with E-state index in [1.165, 1.54) is 6.92 Å². The van der Waals surface area contributed by atoms with E-state index in [2.05, 4.69) is 10.3 Å². The SMILES string of the molecule is CC(=O)Nc1cc(Cl)ccc1[NH+]=c1cc(-c2ccccc2)oc(-c2ccccc2)c1. The van der Waals surface area contributed by atoms with Gasteiger partial charge in [-0.3, -0.25) is 4.79 Å². The molecule has 0 atom stereocenters. The summed E-state index contributed by atoms with van der Waals surface area (Å²) in [5.74, 6) is 1.29. The lowest BCUT2D eigenvalue weighted by Crippen LogP contribution is -2.70. The summed E-state index contributed by atoms with van der Waals surface area (Å²) >= 11 is 6.12. The van der Waals surface area contributed by atoms with E-state index in [4.69, 9.17) is 16.0 Å². The van der Waals surface area contributed by atoms with Crippen molar-refractivity contribution < 1.29 is 14.2 Å². The maximum Gasteiger partial charge on any atom is 0.227 e. The summed E-state index contributed by atoms with van der Waals surface area (Å²) in [6, 6.07) is 29.0. The van der Waals surface area contributed by atoms with E-state index in [1.54, 1.807) is 12.1 Å². The van der Waals surface area contributed by atoms with Gasteiger partial charge >= 0.3 is 0 Å². The van der Waals surface area contributed by atoms with E-state index >= 15 is 0 Å². The molecule has 4 aromatic rings. The molecule has 5 heteroatoms. The maximum absolute atomic E-state index is 11.6. The standard InChI is InChI=1S/C25H19ClN2O2/c1-17(29)27-23-14-20(26)12-13-22(23)28-21-15-24(18-8-4-2-5-9-18)30-25(16-21)19-10-6-3-7-11-19/h2-16H,1H3,(H,27,29)/p+1. The minimum Gasteiger partial charge on any atom is -0.456 e. The largest absolute Gasteiger partial charge is 0.456 e. The van der Waals surface area contributed by atoms with Gasteiger partial charge in [-0.05, 0) is 12.1 Å². The van der Waals surface area contributed by atoms with E-state index in [-0.39, 0.29) is 5.91 Å². The van der Waals surface area contributed by atoms with Gasteiger partial charge in [-0.25, -0.2) is 4.99 Å². The second-order valence-electron chi connectivity index (χ2n) is 6.80. The normalized spacial score (nSPS) is 10.5. The van der Waals surface area contributed by atoms with Crippen molar-refractivity contribution >= 4 is 28.9 Å². The highest BCUT2D eigenvalue weighted by Crippen LogP contribution is 2.25. The Labute approximate surface area is 179 Å². The minimum absolute atomic E-state index is 0.168. The number of hydrogen-bond donors (Lipinski definition) is 2. The summed E-state index contributed by atoms with van der Waals surface area (Å²) in [7, 11) is 0. The van der Waals surface area contributed by atoms with Gasteiger partial charge in [0, 0.05) is 29.1 Å². The summed E-state index contributed by atoms with van der Waals surface area (Å²) in [6.07, 6.45) is 0. The molecule has 0 fully saturated rings. The molecule has 148 valence electrons. The predicted molar refractivity (Wildman–Crippen MR) is 119 cm³/mol. The van der Waals surface area contributed by atoms with Crippen LogP contribution in [0, 0.1) is 0 Å². The molecular formula is C25H20ClN2O2+. The summed E-state index contributed by atoms with van der Waals surface area (Å²) in [4.78, 5) is 15.0. The van der Waals surface area contributed by atoms with Gasteiger partial charge < -0.3 is 9.73 Å². The van der Waals surface area contributed by atoms with Crippen LogP contribution in [0.3, 0.4) is 0 Å². The quantitative estimate of drug-likeness (QED) is 0.514. The zero-order valence-electron chi connectivity index (χ0n) is 16.4. The number of carbonyl (C=O) groups excluding carboxylic acids is 1. The van der Waals surface area contributed by atoms with Crippen molar-refractivity contribution in [2.45, 2.75) is 6.92 Å². The Balaban J connectivity index is 1.91. The number of anilines is 1. The molecule has 0 aliphatic rings. The Kier molecular flexibility index (Phi) is 5.77. The van der Waals surface area contributed by atoms with Crippen molar-refractivity contribution in [1.29, 1.82) is 0 Å². The fraction of sp³-hybridized carbons (Fsp3) is 0.0400. The van der Waals surface area contributed by atoms with Gasteiger partial charge in [-0.1, -0.05) is 72.3 Å². The van der Waals surface area contributed by atoms with Crippen molar-refractivity contribution in [3.05, 3.63) is 101 Å². The van der Waals surface area contributed by atoms with Crippen LogP contribution in [0.5, 0.6) is 0 Å². The molecule has 0 aliphatic carbocycles. The fourth-order valence-corrected chi connectivity index (χ4v) is 3.31. The molecule has 1 amide bonds. The van der Waals surface area contributed by atoms with Crippen molar-refractivity contribution in [2.75, 3.05) is 5.32 Å². The molecule has 30 heavy (non-hydrogen) atoms. The summed E-state index contributed by atoms with van der Waals surface area (Å²) < 4.78 is 6.21. The van der Waals surface area contributed by atoms with Crippen molar-refractivity contribution in [3.63, 3.8) is 0 Å². The number of carbonyl (C=O) groups is 1. The third kappa shape index (κ3) is 4.67. The number of halogens is 1. The van der Waals surface area contributed by atoms with Crippen LogP contribution in [-0.2, 0) is 4.79 Å². The third-order valence-electron chi connectivity index (χ3n) is 4.48. The lowest BCUT2D eigenvalue weighted by atomic mass is 10.1. The molecular weight excluding hydrogens is 396 g/mol. The molecule has 2 N–H and O–H groups in total. The first-order valence-electron chi connectivity index (χ1n) is 9.52. The highest BCUT2D eigenvalue weighted by atomic mass is 35.5. The number of rotatable bonds is 4. The van der Waals surface area contributed by atoms with E-state index in [1.807, 2.05) is 78.9 Å². The van der Waals surface area contributed by atoms with Gasteiger partial charge in [0.25, 0.3) is 0 Å². The Hall–Kier alpha value is -3.63. The molecule has 0 saturated carbocycles. The zero-order valence-corrected chi connectivity index (χ0v) is 17.1. The van der Waals surface area contributed by atoms with Crippen LogP contribution in [0.15, 0.2) is 95.4 Å². The number of hydrogen-bond acceptors (Lipinski definition) is 2. The Morgan fingerprint density at radius 1 is 0.833 bits per heavy atom. The van der Waals surface area contributed by atoms with Gasteiger partial charge in [0.2, 0.25) is 17.0 Å². The molecule has 0 saturated heterocycles. The maximum atomic E-state index is 11.6. The molecule has 3 aromatic carbocycles. The summed E-state index contributed by atoms with van der Waals surface area (Å²) in [5.41, 5.74) is 3.28. The van der Waals surface area contributed by atoms with Crippen LogP contribution in [0.25, 0.3) is 22.6 Å². The Morgan fingerprint density at radius 2 is 1.40 bits per heavy atom. The lowest BCUT2D eigenvalue weighted by Gasteiger charge is -2.06. The molecule has 0 radical (unpaired) electrons. The van der Waals surface area contributed by atoms with Gasteiger partial charge in [-0.2, -0.15) is 0 Å². The average molecular weight is 416 g/mol. The smallest absolute Gasteiger partial charge is 0.227 e. The van der Waals surface area contributed by atoms with Gasteiger partial charge in [0.1, 0.15) is 17.2 Å². The molecule has 0 spiro atoms. The second-order valence-corrected chi connectivity index (χ2v) is 7.24. The topological polar surface area (TPSA) is 56.2 Å². The van der Waals surface area contributed by atoms with Crippen molar-refractivity contribution in [2.24, 2.45) is 0 Å². The molecule has 0 unspecified atom stereocenters. The molecule has 4 rings (SSSR count). The van der Waals surface area contributed by atoms with E-state index in [9.17, 15) is 4.79 Å². The first kappa shape index (κ1) is 19.7. The first-order valence-corrected chi connectivity index (χ1v) is 9.89. The molecule has 0 bridgehead atoms. The van der Waals surface area contributed by atoms with Crippen LogP contribution in [0.4, 0.5) is 11.4 Å². The second kappa shape index (κ2) is 8.80. The van der Waals surface area contributed by atoms with Crippen LogP contribution >= 0.6 is 11.6 Å². The van der Waals surface area contributed by atoms with Crippen molar-refractivity contribution in [3.8, 4) is 22.6 Å². The summed E-state index contributed by atoms with van der Waals surface area (Å²) in [6.45, 7) is 1.47. The van der Waals surface area contributed by atoms with E-state index in [0.717, 1.165) is 33.7 Å². The zero-order chi connectivity index (χ0) is 20.9. The Bertz CT molecular complexity index is 1190. The predicted octanol–water partition coefficient (Wildman–Crippen LogP) is 4.54. The van der Waals surface area contributed by atoms with Gasteiger partial charge in [0.15, 0.2) is 0 Å². The van der Waals surface area contributed by atoms with E-state index in [0.29, 0.717) is 10.7 Å². The fourth-order valence-electron chi connectivity index (χ4n) is 3.14. The lowest BCUT2D eigenvalue weighted by molar-refractivity contribution is -0.401. The molecule has 0 aliphatic heterocycles. The first-order chi connectivity index (χ1) is 14.6. The van der Waals surface area contributed by atoms with Crippen molar-refractivity contribution in [1.82, 2.24) is 0 Å². The van der Waals surface area contributed by atoms with Crippen LogP contribution < -0.4 is 15.7 Å². The number of nitrogens with one attached hydrogen (secondary N) is 2. The number of benzene rings is 3. The van der Waals surface area contributed by atoms with Gasteiger partial charge in [0.05, 0.1) is 12.1 Å². The minimum atomic E-state index is -0.168. The highest BCUT2D eigenvalue weighted by molar-refractivity contribution is 6.31. The molecule has 1 aromatic heterocycles. The Morgan fingerprint density at radius 3 is 1.93 bits per heavy atom. The van der Waals surface area contributed by atoms with Crippen LogP contribution in [0.1, 0.15) is 6.92 Å². The average Bonchev–Trinajstić information content (AvgIpc) is 2.76. The van der Waals surface area contributed by atoms with Crippen LogP contribution in [-0.4, -0.2) is 5.91 Å². The molecule has 1 heterocycles. The number of amides is 1. The van der Waals surface area contributed by atoms with Gasteiger partial charge in [-0.15, -0.1) is 0 Å². The molecule has 4 nitrogen and oxygen atoms in total. The van der Waals surface area contributed by atoms with E-state index < -0.39 is 0 Å². The third-order valence-corrected chi connectivity index (χ3v) is 4.72. The monoisotopic (exact) mass is 415 g/mol. The highest BCUT2D eigenvalue weighted by Gasteiger charge is 2.12. The van der Waals surface area contributed by atoms with Crippen LogP contribution in [0.2, 0.25) is 5.02 Å².